The molecule has 0 N–H and O–H groups in total. The smallest absolute Gasteiger partial charge is 0.326 e. The Kier molecular flexibility index (Phi) is 6.73. The first kappa shape index (κ1) is 20.0. The van der Waals surface area contributed by atoms with Crippen LogP contribution in [0.5, 0.6) is 0 Å². The number of rotatable bonds is 6. The molecule has 0 spiro atoms. The maximum Gasteiger partial charge on any atom is 0.326 e. The Labute approximate surface area is 164 Å². The van der Waals surface area contributed by atoms with Crippen molar-refractivity contribution in [1.82, 2.24) is 0 Å². The van der Waals surface area contributed by atoms with E-state index >= 15 is 0 Å². The molecule has 0 aliphatic heterocycles. The summed E-state index contributed by atoms with van der Waals surface area (Å²) >= 11 is 15.1. The number of esters is 1. The Hall–Kier alpha value is -1.28. The molecule has 0 aliphatic rings. The predicted molar refractivity (Wildman–Crippen MR) is 102 cm³/mol. The summed E-state index contributed by atoms with van der Waals surface area (Å²) in [6, 6.07) is 10.6. The summed E-state index contributed by atoms with van der Waals surface area (Å²) in [6.07, 6.45) is 0. The lowest BCUT2D eigenvalue weighted by Gasteiger charge is -2.24. The van der Waals surface area contributed by atoms with Crippen LogP contribution in [0.1, 0.15) is 6.92 Å². The number of carbonyl (C=O) groups excluding carboxylic acids is 1. The first-order valence-electron chi connectivity index (χ1n) is 7.15. The summed E-state index contributed by atoms with van der Waals surface area (Å²) in [5.41, 5.74) is 0.307. The third-order valence-corrected chi connectivity index (χ3v) is 6.34. The number of ether oxygens (including phenoxy) is 1. The van der Waals surface area contributed by atoms with Crippen molar-refractivity contribution < 1.29 is 17.9 Å². The van der Waals surface area contributed by atoms with Crippen molar-refractivity contribution >= 4 is 60.8 Å². The minimum atomic E-state index is -4.07. The largest absolute Gasteiger partial charge is 0.465 e. The van der Waals surface area contributed by atoms with Gasteiger partial charge in [-0.2, -0.15) is 0 Å². The fourth-order valence-corrected chi connectivity index (χ4v) is 4.48. The monoisotopic (exact) mass is 465 g/mol. The molecule has 0 amide bonds. The van der Waals surface area contributed by atoms with Crippen LogP contribution in [0.15, 0.2) is 51.8 Å². The van der Waals surface area contributed by atoms with Gasteiger partial charge in [0, 0.05) is 4.47 Å². The van der Waals surface area contributed by atoms with Gasteiger partial charge in [0.1, 0.15) is 6.54 Å². The molecule has 5 nitrogen and oxygen atoms in total. The zero-order valence-corrected chi connectivity index (χ0v) is 17.0. The minimum Gasteiger partial charge on any atom is -0.465 e. The van der Waals surface area contributed by atoms with Gasteiger partial charge in [0.05, 0.1) is 27.2 Å². The minimum absolute atomic E-state index is 0.0815. The van der Waals surface area contributed by atoms with E-state index in [2.05, 4.69) is 15.9 Å². The van der Waals surface area contributed by atoms with Crippen molar-refractivity contribution in [3.8, 4) is 0 Å². The lowest BCUT2D eigenvalue weighted by atomic mass is 10.3. The van der Waals surface area contributed by atoms with Crippen molar-refractivity contribution in [3.63, 3.8) is 0 Å². The Bertz CT molecular complexity index is 889. The molecule has 2 aromatic rings. The van der Waals surface area contributed by atoms with E-state index in [-0.39, 0.29) is 21.5 Å². The van der Waals surface area contributed by atoms with Gasteiger partial charge < -0.3 is 4.74 Å². The second kappa shape index (κ2) is 8.40. The van der Waals surface area contributed by atoms with Crippen LogP contribution in [0.2, 0.25) is 10.0 Å². The third-order valence-electron chi connectivity index (χ3n) is 3.18. The number of hydrogen-bond acceptors (Lipinski definition) is 4. The average molecular weight is 467 g/mol. The van der Waals surface area contributed by atoms with Gasteiger partial charge in [-0.3, -0.25) is 9.10 Å². The number of sulfonamides is 1. The highest BCUT2D eigenvalue weighted by Gasteiger charge is 2.29. The van der Waals surface area contributed by atoms with Gasteiger partial charge >= 0.3 is 5.97 Å². The Morgan fingerprint density at radius 2 is 1.84 bits per heavy atom. The van der Waals surface area contributed by atoms with Gasteiger partial charge in [0.2, 0.25) is 0 Å². The zero-order chi connectivity index (χ0) is 18.6. The van der Waals surface area contributed by atoms with Crippen LogP contribution in [0, 0.1) is 0 Å². The van der Waals surface area contributed by atoms with E-state index in [0.717, 1.165) is 4.31 Å². The zero-order valence-electron chi connectivity index (χ0n) is 13.1. The maximum absolute atomic E-state index is 13.1. The molecule has 0 heterocycles. The molecular weight excluding hydrogens is 453 g/mol. The fourth-order valence-electron chi connectivity index (χ4n) is 2.04. The SMILES string of the molecule is CCOC(=O)CN(c1ccccc1Br)S(=O)(=O)c1ccc(Cl)c(Cl)c1. The number of halogens is 3. The molecule has 0 saturated heterocycles. The highest BCUT2D eigenvalue weighted by Crippen LogP contribution is 2.32. The molecule has 134 valence electrons. The highest BCUT2D eigenvalue weighted by molar-refractivity contribution is 9.10. The number of carbonyl (C=O) groups is 1. The molecule has 0 aliphatic carbocycles. The first-order valence-corrected chi connectivity index (χ1v) is 10.1. The number of benzene rings is 2. The summed E-state index contributed by atoms with van der Waals surface area (Å²) in [7, 11) is -4.07. The van der Waals surface area contributed by atoms with E-state index in [1.54, 1.807) is 31.2 Å². The summed E-state index contributed by atoms with van der Waals surface area (Å²) in [4.78, 5) is 11.9. The quantitative estimate of drug-likeness (QED) is 0.587. The normalized spacial score (nSPS) is 11.2. The van der Waals surface area contributed by atoms with E-state index in [1.165, 1.54) is 18.2 Å². The van der Waals surface area contributed by atoms with Crippen LogP contribution in [-0.4, -0.2) is 27.5 Å². The first-order chi connectivity index (χ1) is 11.8. The van der Waals surface area contributed by atoms with Gasteiger partial charge in [0.15, 0.2) is 0 Å². The topological polar surface area (TPSA) is 63.7 Å². The van der Waals surface area contributed by atoms with Gasteiger partial charge in [-0.05, 0) is 53.2 Å². The number of anilines is 1. The van der Waals surface area contributed by atoms with Crippen molar-refractivity contribution in [3.05, 3.63) is 57.0 Å². The van der Waals surface area contributed by atoms with Gasteiger partial charge in [-0.25, -0.2) is 8.42 Å². The van der Waals surface area contributed by atoms with E-state index in [1.807, 2.05) is 0 Å². The molecule has 2 rings (SSSR count). The number of para-hydroxylation sites is 1. The molecule has 0 saturated carbocycles. The van der Waals surface area contributed by atoms with Crippen molar-refractivity contribution in [1.29, 1.82) is 0 Å². The van der Waals surface area contributed by atoms with Crippen LogP contribution in [0.4, 0.5) is 5.69 Å². The summed E-state index contributed by atoms with van der Waals surface area (Å²) < 4.78 is 32.6. The third kappa shape index (κ3) is 4.67. The average Bonchev–Trinajstić information content (AvgIpc) is 2.56. The van der Waals surface area contributed by atoms with E-state index in [4.69, 9.17) is 27.9 Å². The highest BCUT2D eigenvalue weighted by atomic mass is 79.9. The Morgan fingerprint density at radius 3 is 2.44 bits per heavy atom. The second-order valence-corrected chi connectivity index (χ2v) is 8.38. The molecular formula is C16H14BrCl2NO4S. The molecule has 2 aromatic carbocycles. The lowest BCUT2D eigenvalue weighted by molar-refractivity contribution is -0.141. The van der Waals surface area contributed by atoms with Gasteiger partial charge in [-0.1, -0.05) is 35.3 Å². The van der Waals surface area contributed by atoms with Crippen LogP contribution in [0.25, 0.3) is 0 Å². The predicted octanol–water partition coefficient (Wildman–Crippen LogP) is 4.51. The van der Waals surface area contributed by atoms with E-state index < -0.39 is 22.5 Å². The molecule has 0 unspecified atom stereocenters. The lowest BCUT2D eigenvalue weighted by Crippen LogP contribution is -2.36. The Balaban J connectivity index is 2.55. The number of hydrogen-bond donors (Lipinski definition) is 0. The summed E-state index contributed by atoms with van der Waals surface area (Å²) in [5.74, 6) is -0.665. The van der Waals surface area contributed by atoms with Crippen LogP contribution in [0.3, 0.4) is 0 Å². The van der Waals surface area contributed by atoms with E-state index in [0.29, 0.717) is 10.2 Å². The maximum atomic E-state index is 13.1. The van der Waals surface area contributed by atoms with Crippen molar-refractivity contribution in [2.75, 3.05) is 17.5 Å². The van der Waals surface area contributed by atoms with Crippen molar-refractivity contribution in [2.24, 2.45) is 0 Å². The molecule has 0 bridgehead atoms. The molecule has 0 radical (unpaired) electrons. The van der Waals surface area contributed by atoms with Crippen LogP contribution < -0.4 is 4.31 Å². The van der Waals surface area contributed by atoms with Crippen LogP contribution in [-0.2, 0) is 19.6 Å². The van der Waals surface area contributed by atoms with Crippen molar-refractivity contribution in [2.45, 2.75) is 11.8 Å². The summed E-state index contributed by atoms with van der Waals surface area (Å²) in [5, 5.41) is 0.337. The molecule has 0 aromatic heterocycles. The second-order valence-electron chi connectivity index (χ2n) is 4.84. The standard InChI is InChI=1S/C16H14BrCl2NO4S/c1-2-24-16(21)10-20(15-6-4-3-5-12(15)17)25(22,23)11-7-8-13(18)14(19)9-11/h3-9H,2,10H2,1H3. The van der Waals surface area contributed by atoms with Crippen LogP contribution >= 0.6 is 39.1 Å². The molecule has 0 fully saturated rings. The molecule has 25 heavy (non-hydrogen) atoms. The number of nitrogens with zero attached hydrogens (tertiary/aromatic N) is 1. The van der Waals surface area contributed by atoms with Gasteiger partial charge in [0.25, 0.3) is 10.0 Å². The van der Waals surface area contributed by atoms with Gasteiger partial charge in [-0.15, -0.1) is 0 Å². The molecule has 9 heteroatoms. The summed E-state index contributed by atoms with van der Waals surface area (Å²) in [6.45, 7) is 1.32. The molecule has 0 atom stereocenters. The fraction of sp³-hybridized carbons (Fsp3) is 0.188. The Morgan fingerprint density at radius 1 is 1.16 bits per heavy atom. The van der Waals surface area contributed by atoms with E-state index in [9.17, 15) is 13.2 Å².